The van der Waals surface area contributed by atoms with Gasteiger partial charge in [-0.1, -0.05) is 48.5 Å². The van der Waals surface area contributed by atoms with Crippen molar-refractivity contribution in [3.63, 3.8) is 0 Å². The molecule has 0 saturated carbocycles. The quantitative estimate of drug-likeness (QED) is 0.352. The first kappa shape index (κ1) is 29.6. The molecule has 0 aliphatic carbocycles. The molecular formula is C30H35F3N6O3. The van der Waals surface area contributed by atoms with Gasteiger partial charge in [-0.05, 0) is 55.5 Å². The number of nitrogens with two attached hydrogens (primary N) is 1. The fraction of sp³-hybridized carbons (Fsp3) is 0.433. The zero-order valence-electron chi connectivity index (χ0n) is 23.6. The minimum Gasteiger partial charge on any atom is -0.480 e. The maximum Gasteiger partial charge on any atom is 0.429 e. The van der Waals surface area contributed by atoms with E-state index < -0.39 is 24.3 Å². The van der Waals surface area contributed by atoms with Gasteiger partial charge in [-0.25, -0.2) is 0 Å². The molecule has 1 unspecified atom stereocenters. The number of benzene rings is 2. The van der Waals surface area contributed by atoms with Gasteiger partial charge in [-0.3, -0.25) is 4.79 Å². The van der Waals surface area contributed by atoms with Crippen molar-refractivity contribution in [1.29, 1.82) is 0 Å². The Balaban J connectivity index is 1.33. The van der Waals surface area contributed by atoms with Crippen molar-refractivity contribution in [2.45, 2.75) is 44.1 Å². The molecule has 42 heavy (non-hydrogen) atoms. The van der Waals surface area contributed by atoms with E-state index in [9.17, 15) is 23.1 Å². The van der Waals surface area contributed by atoms with E-state index in [-0.39, 0.29) is 22.8 Å². The van der Waals surface area contributed by atoms with Crippen LogP contribution in [0.2, 0.25) is 0 Å². The number of carboxylic acid groups (broad SMARTS) is 1. The van der Waals surface area contributed by atoms with Gasteiger partial charge in [0.05, 0.1) is 0 Å². The fourth-order valence-electron chi connectivity index (χ4n) is 5.90. The van der Waals surface area contributed by atoms with Crippen LogP contribution in [-0.2, 0) is 11.3 Å². The lowest BCUT2D eigenvalue weighted by Gasteiger charge is -2.39. The lowest BCUT2D eigenvalue weighted by molar-refractivity contribution is -0.198. The molecule has 0 bridgehead atoms. The van der Waals surface area contributed by atoms with Gasteiger partial charge in [0.15, 0.2) is 0 Å². The number of alkyl halides is 3. The molecule has 0 radical (unpaired) electrons. The van der Waals surface area contributed by atoms with Crippen molar-refractivity contribution in [3.05, 3.63) is 65.7 Å². The highest BCUT2D eigenvalue weighted by Crippen LogP contribution is 2.41. The molecule has 4 N–H and O–H groups in total. The van der Waals surface area contributed by atoms with E-state index >= 15 is 0 Å². The number of hydrogen-bond donors (Lipinski definition) is 3. The van der Waals surface area contributed by atoms with Crippen LogP contribution in [0.25, 0.3) is 11.1 Å². The number of halogens is 3. The fourth-order valence-corrected chi connectivity index (χ4v) is 5.90. The van der Waals surface area contributed by atoms with Gasteiger partial charge in [-0.2, -0.15) is 23.1 Å². The predicted octanol–water partition coefficient (Wildman–Crippen LogP) is 4.50. The maximum absolute atomic E-state index is 14.3. The molecular weight excluding hydrogens is 549 g/mol. The normalized spacial score (nSPS) is 19.3. The third kappa shape index (κ3) is 6.60. The summed E-state index contributed by atoms with van der Waals surface area (Å²) in [5, 5.41) is 12.4. The molecule has 2 aliphatic heterocycles. The van der Waals surface area contributed by atoms with E-state index in [1.165, 1.54) is 18.2 Å². The van der Waals surface area contributed by atoms with Crippen LogP contribution in [0.4, 0.5) is 24.9 Å². The Bertz CT molecular complexity index is 1410. The summed E-state index contributed by atoms with van der Waals surface area (Å²) in [6.45, 7) is 2.43. The molecule has 9 nitrogen and oxygen atoms in total. The second kappa shape index (κ2) is 11.8. The Labute approximate surface area is 242 Å². The number of nitrogens with one attached hydrogen (secondary N) is 1. The van der Waals surface area contributed by atoms with Gasteiger partial charge in [0.2, 0.25) is 17.9 Å². The van der Waals surface area contributed by atoms with E-state index in [2.05, 4.69) is 15.3 Å². The van der Waals surface area contributed by atoms with Crippen LogP contribution in [0.5, 0.6) is 5.88 Å². The first-order valence-corrected chi connectivity index (χ1v) is 13.8. The SMILES string of the molecule is CN(C)Cc1ccccc1-c1ccc(C(Oc2cc(N3CCC4(CC3)CN[C@H](C(=O)O)C4)nc(N)n2)C(F)(F)F)cc1. The highest BCUT2D eigenvalue weighted by molar-refractivity contribution is 5.74. The number of anilines is 2. The van der Waals surface area contributed by atoms with Crippen LogP contribution >= 0.6 is 0 Å². The Hall–Kier alpha value is -3.90. The van der Waals surface area contributed by atoms with Gasteiger partial charge in [-0.15, -0.1) is 0 Å². The molecule has 1 aromatic heterocycles. The first-order valence-electron chi connectivity index (χ1n) is 13.8. The zero-order valence-corrected chi connectivity index (χ0v) is 23.6. The van der Waals surface area contributed by atoms with Crippen LogP contribution in [0.3, 0.4) is 0 Å². The first-order chi connectivity index (χ1) is 19.9. The number of aliphatic carboxylic acids is 1. The number of rotatable bonds is 8. The summed E-state index contributed by atoms with van der Waals surface area (Å²) in [5.41, 5.74) is 8.54. The molecule has 2 fully saturated rings. The van der Waals surface area contributed by atoms with E-state index in [1.807, 2.05) is 48.2 Å². The van der Waals surface area contributed by atoms with Crippen LogP contribution in [-0.4, -0.2) is 71.9 Å². The summed E-state index contributed by atoms with van der Waals surface area (Å²) in [6.07, 6.45) is -4.98. The number of nitrogens with zero attached hydrogens (tertiary/aromatic N) is 4. The summed E-state index contributed by atoms with van der Waals surface area (Å²) in [4.78, 5) is 23.5. The van der Waals surface area contributed by atoms with Gasteiger partial charge in [0.1, 0.15) is 11.9 Å². The largest absolute Gasteiger partial charge is 0.480 e. The Morgan fingerprint density at radius 3 is 2.48 bits per heavy atom. The average Bonchev–Trinajstić information content (AvgIpc) is 3.35. The van der Waals surface area contributed by atoms with Gasteiger partial charge in [0.25, 0.3) is 0 Å². The summed E-state index contributed by atoms with van der Waals surface area (Å²) in [6, 6.07) is 14.8. The van der Waals surface area contributed by atoms with Crippen molar-refractivity contribution >= 4 is 17.7 Å². The van der Waals surface area contributed by atoms with Gasteiger partial charge >= 0.3 is 12.1 Å². The van der Waals surface area contributed by atoms with E-state index in [0.29, 0.717) is 38.4 Å². The van der Waals surface area contributed by atoms with Gasteiger partial charge < -0.3 is 30.7 Å². The smallest absolute Gasteiger partial charge is 0.429 e. The van der Waals surface area contributed by atoms with Crippen molar-refractivity contribution in [1.82, 2.24) is 20.2 Å². The maximum atomic E-state index is 14.3. The molecule has 12 heteroatoms. The number of piperidine rings is 1. The Kier molecular flexibility index (Phi) is 8.29. The van der Waals surface area contributed by atoms with E-state index in [1.54, 1.807) is 12.1 Å². The van der Waals surface area contributed by atoms with E-state index in [0.717, 1.165) is 29.5 Å². The number of hydrogen-bond acceptors (Lipinski definition) is 8. The minimum absolute atomic E-state index is 0.0586. The second-order valence-electron chi connectivity index (χ2n) is 11.4. The van der Waals surface area contributed by atoms with Crippen LogP contribution in [0.15, 0.2) is 54.6 Å². The zero-order chi connectivity index (χ0) is 30.1. The molecule has 0 amide bonds. The van der Waals surface area contributed by atoms with Crippen LogP contribution < -0.4 is 20.7 Å². The number of nitrogen functional groups attached to an aromatic ring is 1. The molecule has 2 atom stereocenters. The summed E-state index contributed by atoms with van der Waals surface area (Å²) < 4.78 is 48.3. The molecule has 5 rings (SSSR count). The average molecular weight is 585 g/mol. The van der Waals surface area contributed by atoms with Crippen LogP contribution in [0, 0.1) is 5.41 Å². The van der Waals surface area contributed by atoms with Crippen molar-refractivity contribution < 1.29 is 27.8 Å². The Morgan fingerprint density at radius 2 is 1.86 bits per heavy atom. The van der Waals surface area contributed by atoms with Gasteiger partial charge in [0, 0.05) is 37.8 Å². The molecule has 2 saturated heterocycles. The highest BCUT2D eigenvalue weighted by atomic mass is 19.4. The molecule has 1 spiro atoms. The third-order valence-corrected chi connectivity index (χ3v) is 8.08. The predicted molar refractivity (Wildman–Crippen MR) is 153 cm³/mol. The number of ether oxygens (including phenoxy) is 1. The summed E-state index contributed by atoms with van der Waals surface area (Å²) in [5.74, 6) is -0.941. The monoisotopic (exact) mass is 584 g/mol. The van der Waals surface area contributed by atoms with Crippen molar-refractivity contribution in [2.75, 3.05) is 44.4 Å². The van der Waals surface area contributed by atoms with E-state index in [4.69, 9.17) is 10.5 Å². The van der Waals surface area contributed by atoms with Crippen LogP contribution in [0.1, 0.15) is 36.5 Å². The molecule has 3 aromatic rings. The lowest BCUT2D eigenvalue weighted by atomic mass is 9.76. The standard InChI is InChI=1S/C30H35F3N6O3/c1-38(2)17-21-5-3-4-6-22(21)19-7-9-20(10-8-19)26(30(31,32)33)42-25-15-24(36-28(34)37-25)39-13-11-29(12-14-39)16-23(27(40)41)35-18-29/h3-10,15,23,26,35H,11-14,16-18H2,1-2H3,(H,40,41)(H2,34,36,37)/t23-,26?/m0/s1. The summed E-state index contributed by atoms with van der Waals surface area (Å²) >= 11 is 0. The number of aromatic nitrogens is 2. The second-order valence-corrected chi connectivity index (χ2v) is 11.4. The molecule has 224 valence electrons. The topological polar surface area (TPSA) is 117 Å². The number of carboxylic acids is 1. The van der Waals surface area contributed by atoms with Crippen molar-refractivity contribution in [3.8, 4) is 17.0 Å². The molecule has 3 heterocycles. The number of carbonyl (C=O) groups is 1. The van der Waals surface area contributed by atoms with Crippen molar-refractivity contribution in [2.24, 2.45) is 5.41 Å². The minimum atomic E-state index is -4.71. The molecule has 2 aliphatic rings. The summed E-state index contributed by atoms with van der Waals surface area (Å²) in [7, 11) is 3.92. The highest BCUT2D eigenvalue weighted by Gasteiger charge is 2.45. The third-order valence-electron chi connectivity index (χ3n) is 8.08. The Morgan fingerprint density at radius 1 is 1.17 bits per heavy atom. The lowest BCUT2D eigenvalue weighted by Crippen LogP contribution is -2.41. The molecule has 2 aromatic carbocycles.